The van der Waals surface area contributed by atoms with Crippen molar-refractivity contribution in [3.8, 4) is 5.75 Å². The number of methoxy groups -OCH3 is 1. The van der Waals surface area contributed by atoms with E-state index in [2.05, 4.69) is 5.32 Å². The summed E-state index contributed by atoms with van der Waals surface area (Å²) in [6, 6.07) is 5.24. The number of nitrogens with one attached hydrogen (secondary N) is 1. The van der Waals surface area contributed by atoms with Gasteiger partial charge in [0.15, 0.2) is 0 Å². The van der Waals surface area contributed by atoms with Gasteiger partial charge in [-0.25, -0.2) is 4.79 Å². The highest BCUT2D eigenvalue weighted by atomic mass is 16.5. The first-order valence-electron chi connectivity index (χ1n) is 6.32. The van der Waals surface area contributed by atoms with Crippen LogP contribution in [0.1, 0.15) is 18.4 Å². The Bertz CT molecular complexity index is 443. The molecule has 0 saturated heterocycles. The maximum Gasteiger partial charge on any atom is 0.326 e. The zero-order valence-electron chi connectivity index (χ0n) is 11.3. The quantitative estimate of drug-likeness (QED) is 0.616. The number of amides is 1. The first-order valence-corrected chi connectivity index (χ1v) is 6.32. The summed E-state index contributed by atoms with van der Waals surface area (Å²) in [6.07, 6.45) is 0.951. The molecule has 20 heavy (non-hydrogen) atoms. The van der Waals surface area contributed by atoms with E-state index in [1.54, 1.807) is 19.2 Å². The number of rotatable bonds is 8. The average Bonchev–Trinajstić information content (AvgIpc) is 2.40. The van der Waals surface area contributed by atoms with Gasteiger partial charge in [0.25, 0.3) is 0 Å². The molecule has 6 nitrogen and oxygen atoms in total. The Balaban J connectivity index is 2.54. The van der Waals surface area contributed by atoms with E-state index in [0.717, 1.165) is 5.56 Å². The molecule has 0 heterocycles. The third kappa shape index (κ3) is 5.71. The molecule has 110 valence electrons. The van der Waals surface area contributed by atoms with E-state index in [0.29, 0.717) is 13.0 Å². The summed E-state index contributed by atoms with van der Waals surface area (Å²) in [6.45, 7) is 0.461. The second-order valence-corrected chi connectivity index (χ2v) is 4.43. The van der Waals surface area contributed by atoms with Crippen molar-refractivity contribution in [2.75, 3.05) is 13.7 Å². The minimum absolute atomic E-state index is 0.115. The van der Waals surface area contributed by atoms with Crippen molar-refractivity contribution in [2.45, 2.75) is 25.3 Å². The number of aromatic hydroxyl groups is 1. The number of carboxylic acid groups (broad SMARTS) is 1. The van der Waals surface area contributed by atoms with Gasteiger partial charge in [-0.15, -0.1) is 0 Å². The summed E-state index contributed by atoms with van der Waals surface area (Å²) in [7, 11) is 1.54. The summed E-state index contributed by atoms with van der Waals surface area (Å²) < 4.78 is 4.83. The number of hydrogen-bond acceptors (Lipinski definition) is 4. The fourth-order valence-electron chi connectivity index (χ4n) is 1.71. The maximum absolute atomic E-state index is 11.6. The molecular formula is C14H19NO5. The fraction of sp³-hybridized carbons (Fsp3) is 0.429. The summed E-state index contributed by atoms with van der Waals surface area (Å²) in [4.78, 5) is 22.8. The molecule has 0 aliphatic rings. The van der Waals surface area contributed by atoms with Gasteiger partial charge in [-0.2, -0.15) is 0 Å². The van der Waals surface area contributed by atoms with Gasteiger partial charge >= 0.3 is 5.97 Å². The molecule has 1 atom stereocenters. The smallest absolute Gasteiger partial charge is 0.326 e. The number of hydrogen-bond donors (Lipinski definition) is 3. The van der Waals surface area contributed by atoms with Gasteiger partial charge in [0.2, 0.25) is 5.91 Å². The molecule has 1 aromatic carbocycles. The van der Waals surface area contributed by atoms with E-state index in [9.17, 15) is 9.59 Å². The van der Waals surface area contributed by atoms with E-state index in [4.69, 9.17) is 14.9 Å². The van der Waals surface area contributed by atoms with Crippen LogP contribution >= 0.6 is 0 Å². The van der Waals surface area contributed by atoms with Crippen LogP contribution in [0.15, 0.2) is 24.3 Å². The van der Waals surface area contributed by atoms with Crippen molar-refractivity contribution >= 4 is 11.9 Å². The predicted octanol–water partition coefficient (Wildman–Crippen LogP) is 0.931. The molecule has 1 rings (SSSR count). The van der Waals surface area contributed by atoms with Gasteiger partial charge in [0.1, 0.15) is 11.8 Å². The summed E-state index contributed by atoms with van der Waals surface area (Å²) >= 11 is 0. The Morgan fingerprint density at radius 1 is 1.30 bits per heavy atom. The lowest BCUT2D eigenvalue weighted by molar-refractivity contribution is -0.141. The number of phenolic OH excluding ortho intramolecular Hbond substituents is 1. The van der Waals surface area contributed by atoms with E-state index in [1.807, 2.05) is 0 Å². The van der Waals surface area contributed by atoms with E-state index in [1.165, 1.54) is 12.1 Å². The number of carbonyl (C=O) groups excluding carboxylic acids is 1. The number of benzene rings is 1. The number of aliphatic carboxylic acids is 1. The zero-order valence-corrected chi connectivity index (χ0v) is 11.3. The molecule has 0 spiro atoms. The zero-order chi connectivity index (χ0) is 15.0. The molecular weight excluding hydrogens is 262 g/mol. The molecule has 6 heteroatoms. The van der Waals surface area contributed by atoms with Crippen molar-refractivity contribution < 1.29 is 24.5 Å². The highest BCUT2D eigenvalue weighted by Crippen LogP contribution is 2.11. The Morgan fingerprint density at radius 2 is 1.95 bits per heavy atom. The second kappa shape index (κ2) is 8.16. The van der Waals surface area contributed by atoms with Crippen LogP contribution in [0.5, 0.6) is 5.75 Å². The lowest BCUT2D eigenvalue weighted by Crippen LogP contribution is -2.42. The molecule has 3 N–H and O–H groups in total. The van der Waals surface area contributed by atoms with Crippen LogP contribution in [0.3, 0.4) is 0 Å². The van der Waals surface area contributed by atoms with Crippen molar-refractivity contribution in [3.05, 3.63) is 29.8 Å². The molecule has 1 aromatic rings. The summed E-state index contributed by atoms with van der Waals surface area (Å²) in [5.74, 6) is -1.28. The van der Waals surface area contributed by atoms with Gasteiger partial charge in [-0.1, -0.05) is 12.1 Å². The molecule has 0 aliphatic carbocycles. The standard InChI is InChI=1S/C14H19NO5/c1-20-8-2-3-13(17)15-12(14(18)19)9-10-4-6-11(16)7-5-10/h4-7,12,16H,2-3,8-9H2,1H3,(H,15,17)(H,18,19)/t12-/m1/s1. The van der Waals surface area contributed by atoms with Gasteiger partial charge in [0.05, 0.1) is 0 Å². The van der Waals surface area contributed by atoms with Gasteiger partial charge in [0, 0.05) is 26.6 Å². The molecule has 0 fully saturated rings. The number of carbonyl (C=O) groups is 2. The predicted molar refractivity (Wildman–Crippen MR) is 72.5 cm³/mol. The molecule has 0 saturated carbocycles. The third-order valence-corrected chi connectivity index (χ3v) is 2.76. The molecule has 0 aliphatic heterocycles. The van der Waals surface area contributed by atoms with E-state index < -0.39 is 12.0 Å². The number of carboxylic acids is 1. The van der Waals surface area contributed by atoms with Gasteiger partial charge in [-0.05, 0) is 24.1 Å². The van der Waals surface area contributed by atoms with Crippen LogP contribution in [0.25, 0.3) is 0 Å². The minimum Gasteiger partial charge on any atom is -0.508 e. The van der Waals surface area contributed by atoms with E-state index in [-0.39, 0.29) is 24.5 Å². The van der Waals surface area contributed by atoms with Gasteiger partial charge in [-0.3, -0.25) is 4.79 Å². The van der Waals surface area contributed by atoms with Crippen LogP contribution in [-0.4, -0.2) is 41.8 Å². The van der Waals surface area contributed by atoms with Gasteiger partial charge < -0.3 is 20.3 Å². The molecule has 0 radical (unpaired) electrons. The van der Waals surface area contributed by atoms with Crippen molar-refractivity contribution in [1.82, 2.24) is 5.32 Å². The van der Waals surface area contributed by atoms with Crippen LogP contribution in [-0.2, 0) is 20.7 Å². The van der Waals surface area contributed by atoms with Crippen molar-refractivity contribution in [3.63, 3.8) is 0 Å². The van der Waals surface area contributed by atoms with E-state index >= 15 is 0 Å². The monoisotopic (exact) mass is 281 g/mol. The molecule has 1 amide bonds. The lowest BCUT2D eigenvalue weighted by Gasteiger charge is -2.14. The third-order valence-electron chi connectivity index (χ3n) is 2.76. The van der Waals surface area contributed by atoms with Crippen LogP contribution in [0.4, 0.5) is 0 Å². The second-order valence-electron chi connectivity index (χ2n) is 4.43. The van der Waals surface area contributed by atoms with Crippen LogP contribution in [0, 0.1) is 0 Å². The topological polar surface area (TPSA) is 95.9 Å². The lowest BCUT2D eigenvalue weighted by atomic mass is 10.1. The Labute approximate surface area is 117 Å². The first-order chi connectivity index (χ1) is 9.52. The molecule has 0 unspecified atom stereocenters. The van der Waals surface area contributed by atoms with Crippen LogP contribution in [0.2, 0.25) is 0 Å². The Kier molecular flexibility index (Phi) is 6.52. The maximum atomic E-state index is 11.6. The fourth-order valence-corrected chi connectivity index (χ4v) is 1.71. The minimum atomic E-state index is -1.09. The molecule has 0 aromatic heterocycles. The largest absolute Gasteiger partial charge is 0.508 e. The first kappa shape index (κ1) is 16.0. The Hall–Kier alpha value is -2.08. The summed E-state index contributed by atoms with van der Waals surface area (Å²) in [5.41, 5.74) is 0.729. The Morgan fingerprint density at radius 3 is 2.50 bits per heavy atom. The normalized spacial score (nSPS) is 11.8. The summed E-state index contributed by atoms with van der Waals surface area (Å²) in [5, 5.41) is 20.8. The van der Waals surface area contributed by atoms with Crippen LogP contribution < -0.4 is 5.32 Å². The molecule has 0 bridgehead atoms. The number of phenols is 1. The number of ether oxygens (including phenoxy) is 1. The highest BCUT2D eigenvalue weighted by Gasteiger charge is 2.20. The van der Waals surface area contributed by atoms with Crippen molar-refractivity contribution in [2.24, 2.45) is 0 Å². The highest BCUT2D eigenvalue weighted by molar-refractivity contribution is 5.83. The average molecular weight is 281 g/mol. The van der Waals surface area contributed by atoms with Crippen molar-refractivity contribution in [1.29, 1.82) is 0 Å². The SMILES string of the molecule is COCCCC(=O)N[C@H](Cc1ccc(O)cc1)C(=O)O.